The van der Waals surface area contributed by atoms with Gasteiger partial charge >= 0.3 is 0 Å². The van der Waals surface area contributed by atoms with Crippen molar-refractivity contribution in [1.82, 2.24) is 10.1 Å². The third kappa shape index (κ3) is 4.07. The van der Waals surface area contributed by atoms with Gasteiger partial charge in [-0.15, -0.1) is 0 Å². The van der Waals surface area contributed by atoms with Gasteiger partial charge in [-0.2, -0.15) is 0 Å². The molecule has 0 saturated heterocycles. The topological polar surface area (TPSA) is 88.0 Å². The summed E-state index contributed by atoms with van der Waals surface area (Å²) < 4.78 is 5.59. The van der Waals surface area contributed by atoms with E-state index in [-0.39, 0.29) is 5.91 Å². The Bertz CT molecular complexity index is 1130. The molecule has 4 rings (SSSR count). The largest absolute Gasteiger partial charge is 0.402 e. The molecule has 0 saturated carbocycles. The number of rotatable bonds is 3. The number of anilines is 1. The molecule has 0 aliphatic carbocycles. The van der Waals surface area contributed by atoms with Crippen LogP contribution in [0.1, 0.15) is 28.0 Å². The summed E-state index contributed by atoms with van der Waals surface area (Å²) in [5.41, 5.74) is 11.6. The van der Waals surface area contributed by atoms with E-state index >= 15 is 0 Å². The Labute approximate surface area is 190 Å². The van der Waals surface area contributed by atoms with Gasteiger partial charge in [0.1, 0.15) is 5.69 Å². The average molecular weight is 460 g/mol. The zero-order valence-corrected chi connectivity index (χ0v) is 18.9. The predicted molar refractivity (Wildman–Crippen MR) is 123 cm³/mol. The highest BCUT2D eigenvalue weighted by Crippen LogP contribution is 2.31. The number of nitrogens with two attached hydrogens (primary N) is 1. The van der Waals surface area contributed by atoms with Gasteiger partial charge in [0, 0.05) is 56.9 Å². The zero-order valence-electron chi connectivity index (χ0n) is 17.4. The number of benzene rings is 1. The van der Waals surface area contributed by atoms with Gasteiger partial charge in [0.25, 0.3) is 5.91 Å². The van der Waals surface area contributed by atoms with E-state index < -0.39 is 0 Å². The number of hydrogen-bond acceptors (Lipinski definition) is 6. The Hall–Kier alpha value is -2.77. The standard InChI is InChI=1S/C22H23Cl2N5O2/c1-12-8-14-20(27-31-22(14)28(2)3)19(26-10-12)15-11-29(7-6-18(15)25)21(30)13-4-5-16(23)17(24)9-13/h4-5,9H,1,6-8,10-11,25H2,2-3H3. The van der Waals surface area contributed by atoms with Gasteiger partial charge in [0.05, 0.1) is 27.9 Å². The third-order valence-corrected chi connectivity index (χ3v) is 6.15. The predicted octanol–water partition coefficient (Wildman–Crippen LogP) is 3.71. The van der Waals surface area contributed by atoms with E-state index in [2.05, 4.69) is 11.7 Å². The van der Waals surface area contributed by atoms with Gasteiger partial charge in [0.15, 0.2) is 0 Å². The summed E-state index contributed by atoms with van der Waals surface area (Å²) in [7, 11) is 3.80. The summed E-state index contributed by atoms with van der Waals surface area (Å²) in [5.74, 6) is 0.529. The van der Waals surface area contributed by atoms with Crippen molar-refractivity contribution < 1.29 is 9.32 Å². The second-order valence-electron chi connectivity index (χ2n) is 7.91. The molecule has 162 valence electrons. The van der Waals surface area contributed by atoms with Crippen molar-refractivity contribution in [2.75, 3.05) is 38.6 Å². The molecule has 31 heavy (non-hydrogen) atoms. The second kappa shape index (κ2) is 8.40. The van der Waals surface area contributed by atoms with Crippen LogP contribution in [0.2, 0.25) is 10.0 Å². The fourth-order valence-corrected chi connectivity index (χ4v) is 4.10. The lowest BCUT2D eigenvalue weighted by atomic mass is 9.96. The van der Waals surface area contributed by atoms with Crippen molar-refractivity contribution in [2.45, 2.75) is 12.8 Å². The minimum atomic E-state index is -0.142. The Morgan fingerprint density at radius 1 is 1.29 bits per heavy atom. The molecule has 9 heteroatoms. The fourth-order valence-electron chi connectivity index (χ4n) is 3.80. The first kappa shape index (κ1) is 21.5. The summed E-state index contributed by atoms with van der Waals surface area (Å²) in [6.45, 7) is 5.41. The normalized spacial score (nSPS) is 16.7. The minimum absolute atomic E-state index is 0.142. The van der Waals surface area contributed by atoms with Crippen molar-refractivity contribution >= 4 is 40.7 Å². The summed E-state index contributed by atoms with van der Waals surface area (Å²) in [6.07, 6.45) is 1.16. The summed E-state index contributed by atoms with van der Waals surface area (Å²) in [4.78, 5) is 21.5. The van der Waals surface area contributed by atoms with Crippen LogP contribution in [0.5, 0.6) is 0 Å². The van der Waals surface area contributed by atoms with E-state index in [9.17, 15) is 4.79 Å². The average Bonchev–Trinajstić information content (AvgIpc) is 3.07. The quantitative estimate of drug-likeness (QED) is 0.706. The lowest BCUT2D eigenvalue weighted by Gasteiger charge is -2.30. The Balaban J connectivity index is 1.68. The number of carbonyl (C=O) groups excluding carboxylic acids is 1. The summed E-state index contributed by atoms with van der Waals surface area (Å²) >= 11 is 12.1. The summed E-state index contributed by atoms with van der Waals surface area (Å²) in [6, 6.07) is 4.88. The van der Waals surface area contributed by atoms with Crippen LogP contribution in [-0.2, 0) is 6.42 Å². The van der Waals surface area contributed by atoms with Gasteiger partial charge < -0.3 is 20.1 Å². The minimum Gasteiger partial charge on any atom is -0.402 e. The van der Waals surface area contributed by atoms with Crippen LogP contribution in [0.4, 0.5) is 5.88 Å². The number of halogens is 2. The van der Waals surface area contributed by atoms with Crippen LogP contribution in [0.15, 0.2) is 51.1 Å². The number of nitrogens with zero attached hydrogens (tertiary/aromatic N) is 4. The van der Waals surface area contributed by atoms with Crippen LogP contribution in [0, 0.1) is 0 Å². The van der Waals surface area contributed by atoms with Crippen LogP contribution < -0.4 is 10.6 Å². The van der Waals surface area contributed by atoms with Crippen molar-refractivity contribution in [3.8, 4) is 0 Å². The SMILES string of the molecule is C=C1CN=C(C2=C(N)CCN(C(=O)c3ccc(Cl)c(Cl)c3)C2)c2noc(N(C)C)c2C1. The summed E-state index contributed by atoms with van der Waals surface area (Å²) in [5, 5.41) is 5.05. The molecule has 0 radical (unpaired) electrons. The molecule has 3 heterocycles. The molecule has 0 atom stereocenters. The first-order valence-corrected chi connectivity index (χ1v) is 10.6. The van der Waals surface area contributed by atoms with Crippen molar-refractivity contribution in [2.24, 2.45) is 10.7 Å². The van der Waals surface area contributed by atoms with Crippen LogP contribution in [0.3, 0.4) is 0 Å². The van der Waals surface area contributed by atoms with E-state index in [0.29, 0.717) is 71.1 Å². The molecule has 0 unspecified atom stereocenters. The van der Waals surface area contributed by atoms with E-state index in [1.54, 1.807) is 23.1 Å². The molecule has 1 aromatic carbocycles. The zero-order chi connectivity index (χ0) is 22.3. The Morgan fingerprint density at radius 3 is 2.77 bits per heavy atom. The van der Waals surface area contributed by atoms with Gasteiger partial charge in [-0.3, -0.25) is 9.79 Å². The Morgan fingerprint density at radius 2 is 2.06 bits per heavy atom. The number of hydrogen-bond donors (Lipinski definition) is 1. The molecular weight excluding hydrogens is 437 g/mol. The number of fused-ring (bicyclic) bond motifs is 1. The molecule has 1 aromatic heterocycles. The van der Waals surface area contributed by atoms with Crippen LogP contribution >= 0.6 is 23.2 Å². The fraction of sp³-hybridized carbons (Fsp3) is 0.318. The molecule has 0 bridgehead atoms. The van der Waals surface area contributed by atoms with Gasteiger partial charge in [-0.05, 0) is 18.2 Å². The maximum atomic E-state index is 13.1. The smallest absolute Gasteiger partial charge is 0.254 e. The van der Waals surface area contributed by atoms with E-state index in [4.69, 9.17) is 38.5 Å². The molecule has 2 aromatic rings. The highest BCUT2D eigenvalue weighted by atomic mass is 35.5. The van der Waals surface area contributed by atoms with Gasteiger partial charge in [-0.25, -0.2) is 0 Å². The first-order valence-electron chi connectivity index (χ1n) is 9.85. The molecular formula is C22H23Cl2N5O2. The van der Waals surface area contributed by atoms with Gasteiger partial charge in [-0.1, -0.05) is 40.5 Å². The number of aromatic nitrogens is 1. The lowest BCUT2D eigenvalue weighted by molar-refractivity contribution is 0.0766. The molecule has 0 spiro atoms. The van der Waals surface area contributed by atoms with Crippen LogP contribution in [0.25, 0.3) is 0 Å². The molecule has 2 N–H and O–H groups in total. The highest BCUT2D eigenvalue weighted by Gasteiger charge is 2.31. The molecule has 7 nitrogen and oxygen atoms in total. The molecule has 0 fully saturated rings. The van der Waals surface area contributed by atoms with E-state index in [1.807, 2.05) is 19.0 Å². The molecule has 2 aliphatic rings. The van der Waals surface area contributed by atoms with Crippen molar-refractivity contribution in [3.05, 3.63) is 68.5 Å². The highest BCUT2D eigenvalue weighted by molar-refractivity contribution is 6.42. The lowest BCUT2D eigenvalue weighted by Crippen LogP contribution is -2.40. The monoisotopic (exact) mass is 459 g/mol. The van der Waals surface area contributed by atoms with Crippen molar-refractivity contribution in [1.29, 1.82) is 0 Å². The van der Waals surface area contributed by atoms with E-state index in [1.165, 1.54) is 0 Å². The first-order chi connectivity index (χ1) is 14.8. The number of amides is 1. The van der Waals surface area contributed by atoms with Crippen molar-refractivity contribution in [3.63, 3.8) is 0 Å². The maximum absolute atomic E-state index is 13.1. The third-order valence-electron chi connectivity index (χ3n) is 5.41. The van der Waals surface area contributed by atoms with Gasteiger partial charge in [0.2, 0.25) is 5.88 Å². The second-order valence-corrected chi connectivity index (χ2v) is 8.72. The van der Waals surface area contributed by atoms with Crippen LogP contribution in [-0.4, -0.2) is 55.4 Å². The number of aliphatic imine (C=N–C) groups is 1. The van der Waals surface area contributed by atoms with E-state index in [0.717, 1.165) is 16.7 Å². The number of carbonyl (C=O) groups is 1. The molecule has 1 amide bonds. The Kier molecular flexibility index (Phi) is 5.81. The maximum Gasteiger partial charge on any atom is 0.254 e. The molecule has 2 aliphatic heterocycles.